The highest BCUT2D eigenvalue weighted by molar-refractivity contribution is 7.86. The third-order valence-corrected chi connectivity index (χ3v) is 4.76. The van der Waals surface area contributed by atoms with Crippen LogP contribution in [-0.2, 0) is 17.2 Å². The van der Waals surface area contributed by atoms with E-state index in [-0.39, 0.29) is 11.4 Å². The van der Waals surface area contributed by atoms with Gasteiger partial charge < -0.3 is 15.0 Å². The highest BCUT2D eigenvalue weighted by Crippen LogP contribution is 2.26. The zero-order valence-electron chi connectivity index (χ0n) is 14.5. The fraction of sp³-hybridized carbons (Fsp3) is 0.111. The fourth-order valence-corrected chi connectivity index (χ4v) is 3.16. The molecule has 0 spiro atoms. The molecule has 0 saturated heterocycles. The number of nitrogens with zero attached hydrogens (tertiary/aromatic N) is 1. The molecular formula is C18H15F3N4O2S. The molecule has 1 amide bonds. The van der Waals surface area contributed by atoms with Crippen molar-refractivity contribution >= 4 is 28.3 Å². The summed E-state index contributed by atoms with van der Waals surface area (Å²) in [7, 11) is -1.59. The van der Waals surface area contributed by atoms with E-state index in [4.69, 9.17) is 0 Å². The lowest BCUT2D eigenvalue weighted by Gasteiger charge is -2.09. The van der Waals surface area contributed by atoms with Gasteiger partial charge >= 0.3 is 6.18 Å². The third kappa shape index (κ3) is 4.77. The first kappa shape index (κ1) is 19.6. The summed E-state index contributed by atoms with van der Waals surface area (Å²) in [6, 6.07) is 13.5. The van der Waals surface area contributed by atoms with Gasteiger partial charge in [-0.1, -0.05) is 23.8 Å². The molecule has 3 rings (SSSR count). The quantitative estimate of drug-likeness (QED) is 0.593. The summed E-state index contributed by atoms with van der Waals surface area (Å²) in [5, 5.41) is 2.45. The fourth-order valence-electron chi connectivity index (χ4n) is 2.26. The lowest BCUT2D eigenvalue weighted by Crippen LogP contribution is -2.14. The van der Waals surface area contributed by atoms with E-state index in [1.165, 1.54) is 12.1 Å². The Hall–Kier alpha value is -3.14. The van der Waals surface area contributed by atoms with Crippen LogP contribution in [0.3, 0.4) is 0 Å². The zero-order chi connectivity index (χ0) is 20.3. The van der Waals surface area contributed by atoms with Gasteiger partial charge in [-0.05, 0) is 37.3 Å². The number of imidazole rings is 1. The lowest BCUT2D eigenvalue weighted by atomic mass is 10.2. The third-order valence-electron chi connectivity index (χ3n) is 3.66. The molecule has 1 unspecified atom stereocenters. The molecule has 1 heterocycles. The van der Waals surface area contributed by atoms with E-state index in [0.29, 0.717) is 10.6 Å². The van der Waals surface area contributed by atoms with Gasteiger partial charge in [-0.3, -0.25) is 4.79 Å². The van der Waals surface area contributed by atoms with E-state index in [1.54, 1.807) is 24.3 Å². The molecule has 0 aliphatic rings. The smallest absolute Gasteiger partial charge is 0.330 e. The molecule has 10 heteroatoms. The summed E-state index contributed by atoms with van der Waals surface area (Å²) in [6.07, 6.45) is -3.86. The second kappa shape index (κ2) is 7.85. The van der Waals surface area contributed by atoms with E-state index in [1.807, 2.05) is 24.0 Å². The average molecular weight is 408 g/mol. The van der Waals surface area contributed by atoms with Crippen LogP contribution < -0.4 is 10.0 Å². The molecule has 146 valence electrons. The van der Waals surface area contributed by atoms with Gasteiger partial charge in [0.25, 0.3) is 5.91 Å². The second-order valence-corrected chi connectivity index (χ2v) is 7.07. The molecule has 0 saturated carbocycles. The molecule has 3 N–H and O–H groups in total. The minimum atomic E-state index is -4.67. The van der Waals surface area contributed by atoms with Gasteiger partial charge in [-0.15, -0.1) is 0 Å². The van der Waals surface area contributed by atoms with Crippen molar-refractivity contribution in [1.82, 2.24) is 9.97 Å². The van der Waals surface area contributed by atoms with Crippen LogP contribution in [0, 0.1) is 6.92 Å². The number of H-pyrrole nitrogens is 1. The summed E-state index contributed by atoms with van der Waals surface area (Å²) in [4.78, 5) is 17.6. The van der Waals surface area contributed by atoms with Gasteiger partial charge in [0.2, 0.25) is 5.82 Å². The van der Waals surface area contributed by atoms with Gasteiger partial charge in [0.05, 0.1) is 11.1 Å². The Bertz CT molecular complexity index is 1020. The predicted molar refractivity (Wildman–Crippen MR) is 99.2 cm³/mol. The van der Waals surface area contributed by atoms with Crippen molar-refractivity contribution < 1.29 is 22.2 Å². The molecule has 0 aliphatic heterocycles. The molecule has 2 aromatic carbocycles. The maximum Gasteiger partial charge on any atom is 0.449 e. The summed E-state index contributed by atoms with van der Waals surface area (Å²) in [6.45, 7) is 1.93. The second-order valence-electron chi connectivity index (χ2n) is 5.86. The molecular weight excluding hydrogens is 393 g/mol. The number of aromatic amines is 1. The number of aromatic nitrogens is 2. The number of anilines is 2. The van der Waals surface area contributed by atoms with Crippen molar-refractivity contribution in [3.8, 4) is 0 Å². The number of nitrogens with one attached hydrogen (secondary N) is 3. The highest BCUT2D eigenvalue weighted by atomic mass is 32.2. The van der Waals surface area contributed by atoms with E-state index >= 15 is 0 Å². The first-order valence-corrected chi connectivity index (χ1v) is 9.16. The lowest BCUT2D eigenvalue weighted by molar-refractivity contribution is -0.144. The van der Waals surface area contributed by atoms with Crippen molar-refractivity contribution in [2.24, 2.45) is 0 Å². The Kier molecular flexibility index (Phi) is 5.50. The number of benzene rings is 2. The number of rotatable bonds is 5. The largest absolute Gasteiger partial charge is 0.449 e. The number of alkyl halides is 3. The van der Waals surface area contributed by atoms with Crippen LogP contribution in [0.2, 0.25) is 0 Å². The normalized spacial score (nSPS) is 12.4. The Morgan fingerprint density at radius 2 is 1.82 bits per heavy atom. The van der Waals surface area contributed by atoms with E-state index in [2.05, 4.69) is 15.0 Å². The first-order chi connectivity index (χ1) is 13.2. The maximum absolute atomic E-state index is 12.6. The molecule has 1 atom stereocenters. The van der Waals surface area contributed by atoms with Crippen LogP contribution in [0.15, 0.2) is 59.6 Å². The van der Waals surface area contributed by atoms with Crippen molar-refractivity contribution in [3.63, 3.8) is 0 Å². The van der Waals surface area contributed by atoms with Crippen LogP contribution in [0.4, 0.5) is 24.5 Å². The molecule has 0 bridgehead atoms. The van der Waals surface area contributed by atoms with E-state index in [9.17, 15) is 22.2 Å². The SMILES string of the molecule is Cc1ccc(NS(=O)c2cccc(NC(=O)c3cnc(C(F)(F)F)[nH]3)c2)cc1. The number of hydrogen-bond acceptors (Lipinski definition) is 3. The number of halogens is 3. The van der Waals surface area contributed by atoms with Crippen LogP contribution >= 0.6 is 0 Å². The Labute approximate surface area is 160 Å². The number of amides is 1. The molecule has 1 aromatic heterocycles. The van der Waals surface area contributed by atoms with Crippen LogP contribution in [0.1, 0.15) is 21.9 Å². The minimum absolute atomic E-state index is 0.282. The molecule has 6 nitrogen and oxygen atoms in total. The summed E-state index contributed by atoms with van der Waals surface area (Å²) in [5.74, 6) is -2.05. The van der Waals surface area contributed by atoms with Crippen LogP contribution in [0.5, 0.6) is 0 Å². The Morgan fingerprint density at radius 3 is 2.46 bits per heavy atom. The van der Waals surface area contributed by atoms with Gasteiger partial charge in [0.1, 0.15) is 16.7 Å². The minimum Gasteiger partial charge on any atom is -0.330 e. The molecule has 28 heavy (non-hydrogen) atoms. The molecule has 0 aliphatic carbocycles. The molecule has 0 fully saturated rings. The molecule has 0 radical (unpaired) electrons. The summed E-state index contributed by atoms with van der Waals surface area (Å²) >= 11 is 0. The standard InChI is InChI=1S/C18H15F3N4O2S/c1-11-5-7-12(8-6-11)25-28(27)14-4-2-3-13(9-14)23-16(26)15-10-22-17(24-15)18(19,20)21/h2-10,25H,1H3,(H,22,24)(H,23,26). The van der Waals surface area contributed by atoms with Crippen LogP contribution in [0.25, 0.3) is 0 Å². The zero-order valence-corrected chi connectivity index (χ0v) is 15.3. The van der Waals surface area contributed by atoms with Crippen molar-refractivity contribution in [2.45, 2.75) is 18.0 Å². The predicted octanol–water partition coefficient (Wildman–Crippen LogP) is 4.12. The van der Waals surface area contributed by atoms with Gasteiger partial charge in [0.15, 0.2) is 0 Å². The van der Waals surface area contributed by atoms with E-state index in [0.717, 1.165) is 11.8 Å². The molecule has 3 aromatic rings. The van der Waals surface area contributed by atoms with Crippen molar-refractivity contribution in [3.05, 3.63) is 71.8 Å². The van der Waals surface area contributed by atoms with Gasteiger partial charge in [-0.25, -0.2) is 9.19 Å². The maximum atomic E-state index is 12.6. The number of hydrogen-bond donors (Lipinski definition) is 3. The van der Waals surface area contributed by atoms with E-state index < -0.39 is 28.9 Å². The summed E-state index contributed by atoms with van der Waals surface area (Å²) < 4.78 is 53.0. The highest BCUT2D eigenvalue weighted by Gasteiger charge is 2.35. The van der Waals surface area contributed by atoms with Crippen LogP contribution in [-0.4, -0.2) is 20.1 Å². The van der Waals surface area contributed by atoms with Crippen molar-refractivity contribution in [1.29, 1.82) is 0 Å². The number of carbonyl (C=O) groups is 1. The monoisotopic (exact) mass is 408 g/mol. The number of carbonyl (C=O) groups excluding carboxylic acids is 1. The average Bonchev–Trinajstić information content (AvgIpc) is 3.15. The number of aryl methyl sites for hydroxylation is 1. The first-order valence-electron chi connectivity index (χ1n) is 8.01. The summed E-state index contributed by atoms with van der Waals surface area (Å²) in [5.41, 5.74) is 1.67. The topological polar surface area (TPSA) is 86.9 Å². The van der Waals surface area contributed by atoms with Gasteiger partial charge in [-0.2, -0.15) is 13.2 Å². The van der Waals surface area contributed by atoms with Gasteiger partial charge in [0, 0.05) is 11.4 Å². The van der Waals surface area contributed by atoms with Crippen molar-refractivity contribution in [2.75, 3.05) is 10.0 Å². The Morgan fingerprint density at radius 1 is 1.11 bits per heavy atom. The Balaban J connectivity index is 1.70.